The average molecular weight is 269 g/mol. The second kappa shape index (κ2) is 6.14. The molecule has 0 spiro atoms. The number of aromatic nitrogens is 2. The normalized spacial score (nSPS) is 10.3. The van der Waals surface area contributed by atoms with Gasteiger partial charge in [0, 0.05) is 24.0 Å². The van der Waals surface area contributed by atoms with Gasteiger partial charge in [-0.15, -0.1) is 0 Å². The fraction of sp³-hybridized carbons (Fsp3) is 0.267. The Balaban J connectivity index is 2.31. The predicted molar refractivity (Wildman–Crippen MR) is 81.0 cm³/mol. The smallest absolute Gasteiger partial charge is 0.125 e. The molecule has 0 radical (unpaired) electrons. The summed E-state index contributed by atoms with van der Waals surface area (Å²) in [4.78, 5) is 10.8. The summed E-state index contributed by atoms with van der Waals surface area (Å²) in [5, 5.41) is 7.67. The van der Waals surface area contributed by atoms with E-state index in [1.165, 1.54) is 0 Å². The van der Waals surface area contributed by atoms with Crippen LogP contribution in [0.1, 0.15) is 23.9 Å². The Morgan fingerprint density at radius 2 is 2.15 bits per heavy atom. The van der Waals surface area contributed by atoms with Crippen molar-refractivity contribution in [1.29, 1.82) is 5.41 Å². The van der Waals surface area contributed by atoms with Crippen LogP contribution in [0.3, 0.4) is 0 Å². The van der Waals surface area contributed by atoms with Crippen LogP contribution >= 0.6 is 0 Å². The maximum atomic E-state index is 7.67. The standard InChI is InChI=1S/C15H19N5/c1-3-20(10-12-6-4-5-11(2)19-12)14-9-18-8-7-13(14)15(16)17/h4-9H,3,10H2,1-2H3,(H3,16,17). The number of anilines is 1. The maximum absolute atomic E-state index is 7.67. The lowest BCUT2D eigenvalue weighted by molar-refractivity contribution is 0.802. The van der Waals surface area contributed by atoms with Gasteiger partial charge in [-0.1, -0.05) is 6.07 Å². The van der Waals surface area contributed by atoms with Crippen LogP contribution in [0.4, 0.5) is 5.69 Å². The first kappa shape index (κ1) is 14.0. The van der Waals surface area contributed by atoms with Crippen molar-refractivity contribution in [2.24, 2.45) is 5.73 Å². The quantitative estimate of drug-likeness (QED) is 0.643. The number of nitrogens with two attached hydrogens (primary N) is 1. The third kappa shape index (κ3) is 3.12. The van der Waals surface area contributed by atoms with Gasteiger partial charge in [0.25, 0.3) is 0 Å². The molecule has 0 unspecified atom stereocenters. The van der Waals surface area contributed by atoms with Gasteiger partial charge in [0.2, 0.25) is 0 Å². The Labute approximate surface area is 119 Å². The third-order valence-electron chi connectivity index (χ3n) is 3.11. The van der Waals surface area contributed by atoms with E-state index in [4.69, 9.17) is 11.1 Å². The molecule has 0 amide bonds. The zero-order valence-corrected chi connectivity index (χ0v) is 11.8. The molecule has 2 heterocycles. The van der Waals surface area contributed by atoms with E-state index in [0.29, 0.717) is 12.1 Å². The van der Waals surface area contributed by atoms with Crippen LogP contribution in [-0.4, -0.2) is 22.3 Å². The topological polar surface area (TPSA) is 78.9 Å². The lowest BCUT2D eigenvalue weighted by atomic mass is 10.2. The Morgan fingerprint density at radius 3 is 2.80 bits per heavy atom. The van der Waals surface area contributed by atoms with Crippen molar-refractivity contribution in [3.63, 3.8) is 0 Å². The van der Waals surface area contributed by atoms with Gasteiger partial charge in [0.15, 0.2) is 0 Å². The molecule has 5 nitrogen and oxygen atoms in total. The zero-order valence-electron chi connectivity index (χ0n) is 11.8. The predicted octanol–water partition coefficient (Wildman–Crippen LogP) is 2.10. The van der Waals surface area contributed by atoms with Crippen LogP contribution in [0.2, 0.25) is 0 Å². The zero-order chi connectivity index (χ0) is 14.5. The molecule has 0 aliphatic carbocycles. The summed E-state index contributed by atoms with van der Waals surface area (Å²) in [7, 11) is 0. The molecule has 2 aromatic heterocycles. The second-order valence-electron chi connectivity index (χ2n) is 4.59. The first-order chi connectivity index (χ1) is 9.61. The molecule has 0 saturated heterocycles. The van der Waals surface area contributed by atoms with Crippen LogP contribution in [0.5, 0.6) is 0 Å². The fourth-order valence-corrected chi connectivity index (χ4v) is 2.12. The molecule has 0 aliphatic rings. The Morgan fingerprint density at radius 1 is 1.35 bits per heavy atom. The molecule has 20 heavy (non-hydrogen) atoms. The highest BCUT2D eigenvalue weighted by Gasteiger charge is 2.12. The Kier molecular flexibility index (Phi) is 4.30. The fourth-order valence-electron chi connectivity index (χ4n) is 2.12. The number of hydrogen-bond acceptors (Lipinski definition) is 4. The Hall–Kier alpha value is -2.43. The number of hydrogen-bond donors (Lipinski definition) is 2. The van der Waals surface area contributed by atoms with Crippen molar-refractivity contribution in [1.82, 2.24) is 9.97 Å². The molecule has 5 heteroatoms. The summed E-state index contributed by atoms with van der Waals surface area (Å²) in [5.41, 5.74) is 9.20. The third-order valence-corrected chi connectivity index (χ3v) is 3.11. The minimum atomic E-state index is 0.0538. The van der Waals surface area contributed by atoms with Gasteiger partial charge in [0.05, 0.1) is 24.1 Å². The van der Waals surface area contributed by atoms with Crippen LogP contribution in [0.15, 0.2) is 36.7 Å². The molecule has 104 valence electrons. The van der Waals surface area contributed by atoms with Crippen molar-refractivity contribution in [3.05, 3.63) is 53.6 Å². The molecular formula is C15H19N5. The van der Waals surface area contributed by atoms with E-state index in [1.807, 2.05) is 25.1 Å². The lowest BCUT2D eigenvalue weighted by Gasteiger charge is -2.24. The van der Waals surface area contributed by atoms with Crippen LogP contribution in [0, 0.1) is 12.3 Å². The number of aryl methyl sites for hydroxylation is 1. The number of amidine groups is 1. The molecule has 2 aromatic rings. The second-order valence-corrected chi connectivity index (χ2v) is 4.59. The largest absolute Gasteiger partial charge is 0.384 e. The minimum absolute atomic E-state index is 0.0538. The molecule has 0 aromatic carbocycles. The minimum Gasteiger partial charge on any atom is -0.384 e. The van der Waals surface area contributed by atoms with Crippen molar-refractivity contribution < 1.29 is 0 Å². The first-order valence-corrected chi connectivity index (χ1v) is 6.57. The van der Waals surface area contributed by atoms with E-state index in [0.717, 1.165) is 23.6 Å². The molecule has 0 atom stereocenters. The van der Waals surface area contributed by atoms with Gasteiger partial charge in [-0.2, -0.15) is 0 Å². The molecule has 3 N–H and O–H groups in total. The highest BCUT2D eigenvalue weighted by Crippen LogP contribution is 2.20. The van der Waals surface area contributed by atoms with Crippen molar-refractivity contribution in [2.75, 3.05) is 11.4 Å². The van der Waals surface area contributed by atoms with Crippen molar-refractivity contribution in [2.45, 2.75) is 20.4 Å². The van der Waals surface area contributed by atoms with Gasteiger partial charge in [-0.3, -0.25) is 15.4 Å². The lowest BCUT2D eigenvalue weighted by Crippen LogP contribution is -2.26. The van der Waals surface area contributed by atoms with Gasteiger partial charge in [-0.05, 0) is 32.0 Å². The summed E-state index contributed by atoms with van der Waals surface area (Å²) >= 11 is 0. The summed E-state index contributed by atoms with van der Waals surface area (Å²) in [5.74, 6) is 0.0538. The molecule has 0 aliphatic heterocycles. The summed E-state index contributed by atoms with van der Waals surface area (Å²) in [6.45, 7) is 5.50. The van der Waals surface area contributed by atoms with E-state index in [-0.39, 0.29) is 5.84 Å². The number of nitrogens with zero attached hydrogens (tertiary/aromatic N) is 3. The molecule has 0 saturated carbocycles. The number of pyridine rings is 2. The summed E-state index contributed by atoms with van der Waals surface area (Å²) in [6.07, 6.45) is 3.40. The first-order valence-electron chi connectivity index (χ1n) is 6.57. The van der Waals surface area contributed by atoms with Gasteiger partial charge in [0.1, 0.15) is 5.84 Å². The maximum Gasteiger partial charge on any atom is 0.125 e. The van der Waals surface area contributed by atoms with Crippen LogP contribution in [0.25, 0.3) is 0 Å². The van der Waals surface area contributed by atoms with Crippen molar-refractivity contribution in [3.8, 4) is 0 Å². The highest BCUT2D eigenvalue weighted by molar-refractivity contribution is 6.00. The monoisotopic (exact) mass is 269 g/mol. The van der Waals surface area contributed by atoms with Crippen LogP contribution in [-0.2, 0) is 6.54 Å². The molecule has 0 fully saturated rings. The van der Waals surface area contributed by atoms with E-state index in [9.17, 15) is 0 Å². The molecule has 0 bridgehead atoms. The summed E-state index contributed by atoms with van der Waals surface area (Å²) in [6, 6.07) is 7.74. The average Bonchev–Trinajstić information content (AvgIpc) is 2.45. The van der Waals surface area contributed by atoms with Crippen molar-refractivity contribution >= 4 is 11.5 Å². The van der Waals surface area contributed by atoms with Gasteiger partial charge in [-0.25, -0.2) is 0 Å². The highest BCUT2D eigenvalue weighted by atomic mass is 15.1. The van der Waals surface area contributed by atoms with E-state index in [2.05, 4.69) is 21.8 Å². The number of nitrogens with one attached hydrogen (secondary N) is 1. The van der Waals surface area contributed by atoms with E-state index in [1.54, 1.807) is 18.5 Å². The SMILES string of the molecule is CCN(Cc1cccc(C)n1)c1cnccc1C(=N)N. The van der Waals surface area contributed by atoms with Gasteiger partial charge >= 0.3 is 0 Å². The van der Waals surface area contributed by atoms with E-state index >= 15 is 0 Å². The number of nitrogen functional groups attached to an aromatic ring is 1. The summed E-state index contributed by atoms with van der Waals surface area (Å²) < 4.78 is 0. The van der Waals surface area contributed by atoms with Crippen LogP contribution < -0.4 is 10.6 Å². The van der Waals surface area contributed by atoms with E-state index < -0.39 is 0 Å². The molecular weight excluding hydrogens is 250 g/mol. The number of rotatable bonds is 5. The Bertz CT molecular complexity index is 609. The van der Waals surface area contributed by atoms with Gasteiger partial charge < -0.3 is 10.6 Å². The molecule has 2 rings (SSSR count).